The van der Waals surface area contributed by atoms with Gasteiger partial charge in [-0.3, -0.25) is 14.8 Å². The van der Waals surface area contributed by atoms with Gasteiger partial charge < -0.3 is 20.7 Å². The van der Waals surface area contributed by atoms with Crippen LogP contribution in [0.15, 0.2) is 53.7 Å². The molecule has 0 aliphatic carbocycles. The molecule has 7 nitrogen and oxygen atoms in total. The van der Waals surface area contributed by atoms with Crippen LogP contribution >= 0.6 is 0 Å². The molecule has 0 spiro atoms. The van der Waals surface area contributed by atoms with Crippen LogP contribution < -0.4 is 20.7 Å². The minimum atomic E-state index is -0.142. The molecular formula is C18H23N5O2. The first-order valence-electron chi connectivity index (χ1n) is 7.99. The fraction of sp³-hybridized carbons (Fsp3) is 0.278. The highest BCUT2D eigenvalue weighted by molar-refractivity contribution is 5.94. The van der Waals surface area contributed by atoms with E-state index < -0.39 is 0 Å². The number of nitrogens with zero attached hydrogens (tertiary/aromatic N) is 2. The van der Waals surface area contributed by atoms with Crippen molar-refractivity contribution in [1.82, 2.24) is 20.9 Å². The highest BCUT2D eigenvalue weighted by atomic mass is 16.5. The van der Waals surface area contributed by atoms with Gasteiger partial charge in [0, 0.05) is 31.9 Å². The van der Waals surface area contributed by atoms with Gasteiger partial charge in [0.2, 0.25) is 0 Å². The van der Waals surface area contributed by atoms with E-state index in [4.69, 9.17) is 4.74 Å². The lowest BCUT2D eigenvalue weighted by molar-refractivity contribution is 0.0954. The zero-order valence-electron chi connectivity index (χ0n) is 14.5. The first kappa shape index (κ1) is 18.3. The number of aromatic nitrogens is 1. The van der Waals surface area contributed by atoms with Crippen molar-refractivity contribution < 1.29 is 9.53 Å². The summed E-state index contributed by atoms with van der Waals surface area (Å²) in [6.45, 7) is 1.61. The van der Waals surface area contributed by atoms with Crippen LogP contribution in [0.5, 0.6) is 5.75 Å². The van der Waals surface area contributed by atoms with Crippen LogP contribution in [0.4, 0.5) is 0 Å². The van der Waals surface area contributed by atoms with Gasteiger partial charge in [0.25, 0.3) is 5.91 Å². The second kappa shape index (κ2) is 9.92. The molecule has 0 saturated heterocycles. The fourth-order valence-corrected chi connectivity index (χ4v) is 2.12. The van der Waals surface area contributed by atoms with Gasteiger partial charge in [-0.25, -0.2) is 0 Å². The Kier molecular flexibility index (Phi) is 7.24. The second-order valence-electron chi connectivity index (χ2n) is 5.16. The highest BCUT2D eigenvalue weighted by Gasteiger charge is 2.06. The van der Waals surface area contributed by atoms with Crippen LogP contribution in [-0.2, 0) is 6.54 Å². The lowest BCUT2D eigenvalue weighted by Gasteiger charge is -2.12. The number of carbonyl (C=O) groups is 1. The Balaban J connectivity index is 1.71. The zero-order chi connectivity index (χ0) is 17.9. The first-order chi connectivity index (χ1) is 12.2. The van der Waals surface area contributed by atoms with Gasteiger partial charge in [0.15, 0.2) is 5.96 Å². The Hall–Kier alpha value is -3.09. The number of amides is 1. The molecule has 0 radical (unpaired) electrons. The third-order valence-corrected chi connectivity index (χ3v) is 3.42. The maximum absolute atomic E-state index is 12.1. The monoisotopic (exact) mass is 341 g/mol. The van der Waals surface area contributed by atoms with Gasteiger partial charge in [0.1, 0.15) is 5.75 Å². The van der Waals surface area contributed by atoms with Gasteiger partial charge in [0.05, 0.1) is 19.3 Å². The third-order valence-electron chi connectivity index (χ3n) is 3.42. The molecule has 1 amide bonds. The van der Waals surface area contributed by atoms with E-state index in [1.165, 1.54) is 0 Å². The molecule has 0 atom stereocenters. The SMILES string of the molecule is CN=C(NCCNC(=O)c1cccc(OC)c1)NCc1ccccn1. The molecule has 1 aromatic carbocycles. The van der Waals surface area contributed by atoms with Crippen molar-refractivity contribution in [3.8, 4) is 5.75 Å². The van der Waals surface area contributed by atoms with E-state index in [0.29, 0.717) is 36.9 Å². The van der Waals surface area contributed by atoms with E-state index in [9.17, 15) is 4.79 Å². The molecule has 0 unspecified atom stereocenters. The average Bonchev–Trinajstić information content (AvgIpc) is 2.68. The fourth-order valence-electron chi connectivity index (χ4n) is 2.12. The summed E-state index contributed by atoms with van der Waals surface area (Å²) in [6, 6.07) is 12.8. The summed E-state index contributed by atoms with van der Waals surface area (Å²) < 4.78 is 5.12. The molecule has 25 heavy (non-hydrogen) atoms. The Morgan fingerprint density at radius 2 is 1.96 bits per heavy atom. The van der Waals surface area contributed by atoms with Crippen LogP contribution in [0, 0.1) is 0 Å². The third kappa shape index (κ3) is 6.14. The van der Waals surface area contributed by atoms with Crippen LogP contribution in [0.1, 0.15) is 16.1 Å². The Labute approximate surface area is 147 Å². The number of hydrogen-bond acceptors (Lipinski definition) is 4. The zero-order valence-corrected chi connectivity index (χ0v) is 14.5. The summed E-state index contributed by atoms with van der Waals surface area (Å²) in [7, 11) is 3.27. The molecule has 0 aliphatic rings. The molecule has 132 valence electrons. The van der Waals surface area contributed by atoms with Crippen molar-refractivity contribution in [2.24, 2.45) is 4.99 Å². The van der Waals surface area contributed by atoms with Gasteiger partial charge in [-0.2, -0.15) is 0 Å². The van der Waals surface area contributed by atoms with E-state index in [-0.39, 0.29) is 5.91 Å². The van der Waals surface area contributed by atoms with Gasteiger partial charge in [-0.1, -0.05) is 12.1 Å². The lowest BCUT2D eigenvalue weighted by Crippen LogP contribution is -2.41. The van der Waals surface area contributed by atoms with Crippen molar-refractivity contribution in [3.63, 3.8) is 0 Å². The van der Waals surface area contributed by atoms with Crippen LogP contribution in [0.2, 0.25) is 0 Å². The average molecular weight is 341 g/mol. The standard InChI is InChI=1S/C18H23N5O2/c1-19-18(23-13-15-7-3-4-9-20-15)22-11-10-21-17(24)14-6-5-8-16(12-14)25-2/h3-9,12H,10-11,13H2,1-2H3,(H,21,24)(H2,19,22,23). The van der Waals surface area contributed by atoms with E-state index in [0.717, 1.165) is 5.69 Å². The molecular weight excluding hydrogens is 318 g/mol. The molecule has 0 saturated carbocycles. The second-order valence-corrected chi connectivity index (χ2v) is 5.16. The number of aliphatic imine (C=N–C) groups is 1. The quantitative estimate of drug-likeness (QED) is 0.400. The largest absolute Gasteiger partial charge is 0.497 e. The normalized spacial score (nSPS) is 10.9. The maximum atomic E-state index is 12.1. The van der Waals surface area contributed by atoms with Crippen molar-refractivity contribution >= 4 is 11.9 Å². The van der Waals surface area contributed by atoms with Crippen LogP contribution in [0.25, 0.3) is 0 Å². The summed E-state index contributed by atoms with van der Waals surface area (Å²) in [6.07, 6.45) is 1.75. The van der Waals surface area contributed by atoms with E-state index in [2.05, 4.69) is 25.9 Å². The number of pyridine rings is 1. The van der Waals surface area contributed by atoms with Crippen LogP contribution in [-0.4, -0.2) is 44.1 Å². The first-order valence-corrected chi connectivity index (χ1v) is 7.99. The summed E-state index contributed by atoms with van der Waals surface area (Å²) in [5, 5.41) is 9.16. The maximum Gasteiger partial charge on any atom is 0.251 e. The van der Waals surface area contributed by atoms with Gasteiger partial charge in [-0.05, 0) is 30.3 Å². The van der Waals surface area contributed by atoms with Gasteiger partial charge >= 0.3 is 0 Å². The number of nitrogens with one attached hydrogen (secondary N) is 3. The molecule has 7 heteroatoms. The van der Waals surface area contributed by atoms with Crippen molar-refractivity contribution in [1.29, 1.82) is 0 Å². The summed E-state index contributed by atoms with van der Waals surface area (Å²) in [5.41, 5.74) is 1.49. The summed E-state index contributed by atoms with van der Waals surface area (Å²) >= 11 is 0. The number of ether oxygens (including phenoxy) is 1. The highest BCUT2D eigenvalue weighted by Crippen LogP contribution is 2.12. The molecule has 2 rings (SSSR count). The van der Waals surface area contributed by atoms with Crippen molar-refractivity contribution in [2.45, 2.75) is 6.54 Å². The number of rotatable bonds is 7. The summed E-state index contributed by atoms with van der Waals surface area (Å²) in [5.74, 6) is 1.17. The molecule has 0 bridgehead atoms. The molecule has 1 aromatic heterocycles. The molecule has 3 N–H and O–H groups in total. The molecule has 2 aromatic rings. The number of benzene rings is 1. The van der Waals surface area contributed by atoms with Crippen molar-refractivity contribution in [3.05, 3.63) is 59.9 Å². The van der Waals surface area contributed by atoms with Gasteiger partial charge in [-0.15, -0.1) is 0 Å². The molecule has 0 aliphatic heterocycles. The number of guanidine groups is 1. The summed E-state index contributed by atoms with van der Waals surface area (Å²) in [4.78, 5) is 20.5. The van der Waals surface area contributed by atoms with E-state index >= 15 is 0 Å². The predicted molar refractivity (Wildman–Crippen MR) is 97.8 cm³/mol. The topological polar surface area (TPSA) is 87.6 Å². The van der Waals surface area contributed by atoms with Crippen LogP contribution in [0.3, 0.4) is 0 Å². The number of carbonyl (C=O) groups excluding carboxylic acids is 1. The van der Waals surface area contributed by atoms with Crippen molar-refractivity contribution in [2.75, 3.05) is 27.2 Å². The van der Waals surface area contributed by atoms with E-state index in [1.807, 2.05) is 18.2 Å². The Morgan fingerprint density at radius 1 is 1.12 bits per heavy atom. The molecule has 0 fully saturated rings. The lowest BCUT2D eigenvalue weighted by atomic mass is 10.2. The van der Waals surface area contributed by atoms with E-state index in [1.54, 1.807) is 44.6 Å². The minimum absolute atomic E-state index is 0.142. The Bertz CT molecular complexity index is 704. The smallest absolute Gasteiger partial charge is 0.251 e. The Morgan fingerprint density at radius 3 is 2.68 bits per heavy atom. The number of hydrogen-bond donors (Lipinski definition) is 3. The number of methoxy groups -OCH3 is 1. The minimum Gasteiger partial charge on any atom is -0.497 e. The predicted octanol–water partition coefficient (Wildman–Crippen LogP) is 1.19. The molecule has 1 heterocycles.